The standard InChI is InChI=1S/C10H13N3O4S/c14-10(15)8-9(12-3-2-11-8)13-4-1-6-18(16,17)7-5-13/h2-3H,1,4-7H2,(H,14,15). The summed E-state index contributed by atoms with van der Waals surface area (Å²) in [4.78, 5) is 20.5. The van der Waals surface area contributed by atoms with Gasteiger partial charge in [-0.1, -0.05) is 0 Å². The van der Waals surface area contributed by atoms with Crippen molar-refractivity contribution in [3.63, 3.8) is 0 Å². The van der Waals surface area contributed by atoms with E-state index in [9.17, 15) is 13.2 Å². The van der Waals surface area contributed by atoms with Crippen molar-refractivity contribution >= 4 is 21.6 Å². The third-order valence-electron chi connectivity index (χ3n) is 2.74. The summed E-state index contributed by atoms with van der Waals surface area (Å²) in [6, 6.07) is 0. The second-order valence-electron chi connectivity index (χ2n) is 4.03. The largest absolute Gasteiger partial charge is 0.476 e. The van der Waals surface area contributed by atoms with Crippen molar-refractivity contribution < 1.29 is 18.3 Å². The van der Waals surface area contributed by atoms with Crippen LogP contribution in [0.5, 0.6) is 0 Å². The van der Waals surface area contributed by atoms with Crippen molar-refractivity contribution in [3.05, 3.63) is 18.1 Å². The second kappa shape index (κ2) is 4.89. The highest BCUT2D eigenvalue weighted by molar-refractivity contribution is 7.91. The molecule has 2 heterocycles. The molecule has 0 saturated carbocycles. The number of rotatable bonds is 2. The van der Waals surface area contributed by atoms with E-state index >= 15 is 0 Å². The fraction of sp³-hybridized carbons (Fsp3) is 0.500. The molecule has 18 heavy (non-hydrogen) atoms. The van der Waals surface area contributed by atoms with Gasteiger partial charge in [0.05, 0.1) is 11.5 Å². The van der Waals surface area contributed by atoms with E-state index in [1.54, 1.807) is 4.90 Å². The number of anilines is 1. The first kappa shape index (κ1) is 12.7. The van der Waals surface area contributed by atoms with Crippen LogP contribution in [0, 0.1) is 0 Å². The van der Waals surface area contributed by atoms with Crippen LogP contribution in [-0.4, -0.2) is 54.1 Å². The molecule has 0 radical (unpaired) electrons. The highest BCUT2D eigenvalue weighted by Crippen LogP contribution is 2.17. The Labute approximate surface area is 104 Å². The molecular weight excluding hydrogens is 258 g/mol. The molecule has 1 N–H and O–H groups in total. The van der Waals surface area contributed by atoms with E-state index in [4.69, 9.17) is 5.11 Å². The maximum absolute atomic E-state index is 11.5. The van der Waals surface area contributed by atoms with Gasteiger partial charge in [0.25, 0.3) is 0 Å². The summed E-state index contributed by atoms with van der Waals surface area (Å²) in [6.07, 6.45) is 3.18. The van der Waals surface area contributed by atoms with Crippen LogP contribution in [0.15, 0.2) is 12.4 Å². The van der Waals surface area contributed by atoms with Crippen LogP contribution in [0.2, 0.25) is 0 Å². The minimum Gasteiger partial charge on any atom is -0.476 e. The molecule has 0 bridgehead atoms. The summed E-state index contributed by atoms with van der Waals surface area (Å²) in [7, 11) is -3.03. The number of aromatic carboxylic acids is 1. The van der Waals surface area contributed by atoms with Crippen LogP contribution >= 0.6 is 0 Å². The zero-order valence-electron chi connectivity index (χ0n) is 9.61. The molecule has 1 fully saturated rings. The van der Waals surface area contributed by atoms with Gasteiger partial charge in [-0.15, -0.1) is 0 Å². The van der Waals surface area contributed by atoms with E-state index in [-0.39, 0.29) is 29.6 Å². The molecule has 0 aliphatic carbocycles. The molecule has 2 rings (SSSR count). The Kier molecular flexibility index (Phi) is 3.46. The van der Waals surface area contributed by atoms with Gasteiger partial charge in [-0.3, -0.25) is 0 Å². The van der Waals surface area contributed by atoms with Crippen LogP contribution in [0.1, 0.15) is 16.9 Å². The normalized spacial score (nSPS) is 19.2. The first-order valence-corrected chi connectivity index (χ1v) is 7.31. The van der Waals surface area contributed by atoms with Crippen molar-refractivity contribution in [3.8, 4) is 0 Å². The average Bonchev–Trinajstić information content (AvgIpc) is 2.50. The fourth-order valence-electron chi connectivity index (χ4n) is 1.86. The molecule has 1 saturated heterocycles. The van der Waals surface area contributed by atoms with Gasteiger partial charge in [0.2, 0.25) is 0 Å². The zero-order chi connectivity index (χ0) is 13.2. The van der Waals surface area contributed by atoms with Crippen LogP contribution in [0.4, 0.5) is 5.82 Å². The van der Waals surface area contributed by atoms with E-state index in [1.807, 2.05) is 0 Å². The summed E-state index contributed by atoms with van der Waals surface area (Å²) < 4.78 is 23.0. The van der Waals surface area contributed by atoms with Crippen molar-refractivity contribution in [2.45, 2.75) is 6.42 Å². The minimum absolute atomic E-state index is 0.0165. The molecule has 1 aromatic heterocycles. The monoisotopic (exact) mass is 271 g/mol. The lowest BCUT2D eigenvalue weighted by Crippen LogP contribution is -2.29. The van der Waals surface area contributed by atoms with E-state index in [0.29, 0.717) is 13.0 Å². The molecule has 0 aromatic carbocycles. The van der Waals surface area contributed by atoms with Gasteiger partial charge in [0, 0.05) is 25.5 Å². The van der Waals surface area contributed by atoms with Gasteiger partial charge in [-0.25, -0.2) is 23.2 Å². The Balaban J connectivity index is 2.29. The van der Waals surface area contributed by atoms with E-state index < -0.39 is 15.8 Å². The Morgan fingerprint density at radius 2 is 1.94 bits per heavy atom. The maximum atomic E-state index is 11.5. The zero-order valence-corrected chi connectivity index (χ0v) is 10.4. The Bertz CT molecular complexity index is 558. The molecular formula is C10H13N3O4S. The van der Waals surface area contributed by atoms with Crippen molar-refractivity contribution in [2.75, 3.05) is 29.5 Å². The van der Waals surface area contributed by atoms with E-state index in [0.717, 1.165) is 0 Å². The predicted octanol–water partition coefficient (Wildman–Crippen LogP) is -0.200. The van der Waals surface area contributed by atoms with E-state index in [2.05, 4.69) is 9.97 Å². The summed E-state index contributed by atoms with van der Waals surface area (Å²) in [5, 5.41) is 9.02. The lowest BCUT2D eigenvalue weighted by atomic mass is 10.3. The number of sulfone groups is 1. The van der Waals surface area contributed by atoms with Gasteiger partial charge in [0.15, 0.2) is 21.3 Å². The lowest BCUT2D eigenvalue weighted by molar-refractivity contribution is 0.0690. The SMILES string of the molecule is O=C(O)c1nccnc1N1CCCS(=O)(=O)CC1. The summed E-state index contributed by atoms with van der Waals surface area (Å²) >= 11 is 0. The fourth-order valence-corrected chi connectivity index (χ4v) is 3.13. The summed E-state index contributed by atoms with van der Waals surface area (Å²) in [5.41, 5.74) is -0.142. The summed E-state index contributed by atoms with van der Waals surface area (Å²) in [5.74, 6) is -0.776. The van der Waals surface area contributed by atoms with Crippen molar-refractivity contribution in [2.24, 2.45) is 0 Å². The van der Waals surface area contributed by atoms with Gasteiger partial charge >= 0.3 is 5.97 Å². The smallest absolute Gasteiger partial charge is 0.358 e. The number of hydrogen-bond acceptors (Lipinski definition) is 6. The quantitative estimate of drug-likeness (QED) is 0.794. The second-order valence-corrected chi connectivity index (χ2v) is 6.33. The number of nitrogens with zero attached hydrogens (tertiary/aromatic N) is 3. The number of carboxylic acid groups (broad SMARTS) is 1. The third kappa shape index (κ3) is 2.76. The number of carbonyl (C=O) groups is 1. The highest BCUT2D eigenvalue weighted by atomic mass is 32.2. The molecule has 0 amide bonds. The molecule has 1 aromatic rings. The third-order valence-corrected chi connectivity index (χ3v) is 4.45. The maximum Gasteiger partial charge on any atom is 0.358 e. The van der Waals surface area contributed by atoms with Crippen molar-refractivity contribution in [1.29, 1.82) is 0 Å². The first-order valence-electron chi connectivity index (χ1n) is 5.49. The first-order chi connectivity index (χ1) is 8.49. The van der Waals surface area contributed by atoms with Crippen LogP contribution in [0.25, 0.3) is 0 Å². The van der Waals surface area contributed by atoms with Gasteiger partial charge in [-0.05, 0) is 6.42 Å². The van der Waals surface area contributed by atoms with Crippen LogP contribution < -0.4 is 4.90 Å². The average molecular weight is 271 g/mol. The molecule has 0 unspecified atom stereocenters. The molecule has 0 spiro atoms. The minimum atomic E-state index is -3.03. The number of hydrogen-bond donors (Lipinski definition) is 1. The van der Waals surface area contributed by atoms with Crippen molar-refractivity contribution in [1.82, 2.24) is 9.97 Å². The predicted molar refractivity (Wildman–Crippen MR) is 64.5 cm³/mol. The van der Waals surface area contributed by atoms with Gasteiger partial charge < -0.3 is 10.0 Å². The van der Waals surface area contributed by atoms with Gasteiger partial charge in [-0.2, -0.15) is 0 Å². The highest BCUT2D eigenvalue weighted by Gasteiger charge is 2.24. The van der Waals surface area contributed by atoms with Crippen LogP contribution in [-0.2, 0) is 9.84 Å². The van der Waals surface area contributed by atoms with Crippen LogP contribution in [0.3, 0.4) is 0 Å². The molecule has 0 atom stereocenters. The lowest BCUT2D eigenvalue weighted by Gasteiger charge is -2.21. The van der Waals surface area contributed by atoms with E-state index in [1.165, 1.54) is 12.4 Å². The Morgan fingerprint density at radius 1 is 1.22 bits per heavy atom. The summed E-state index contributed by atoms with van der Waals surface area (Å²) in [6.45, 7) is 0.722. The Hall–Kier alpha value is -1.70. The molecule has 98 valence electrons. The molecule has 8 heteroatoms. The van der Waals surface area contributed by atoms with Gasteiger partial charge in [0.1, 0.15) is 0 Å². The molecule has 7 nitrogen and oxygen atoms in total. The topological polar surface area (TPSA) is 100 Å². The Morgan fingerprint density at radius 3 is 2.67 bits per heavy atom. The molecule has 1 aliphatic heterocycles. The number of aromatic nitrogens is 2. The molecule has 1 aliphatic rings. The number of carboxylic acids is 1.